The van der Waals surface area contributed by atoms with Crippen molar-refractivity contribution in [2.75, 3.05) is 11.9 Å². The predicted octanol–water partition coefficient (Wildman–Crippen LogP) is 1.75. The van der Waals surface area contributed by atoms with Gasteiger partial charge in [0.05, 0.1) is 5.69 Å². The van der Waals surface area contributed by atoms with Crippen molar-refractivity contribution in [3.05, 3.63) is 41.3 Å². The molecule has 0 fully saturated rings. The minimum atomic E-state index is 0.0253. The summed E-state index contributed by atoms with van der Waals surface area (Å²) in [6, 6.07) is 1.51. The monoisotopic (exact) mass is 178 g/mol. The second-order valence-corrected chi connectivity index (χ2v) is 2.78. The van der Waals surface area contributed by atoms with E-state index in [2.05, 4.69) is 16.9 Å². The Hall–Kier alpha value is -1.51. The van der Waals surface area contributed by atoms with Crippen molar-refractivity contribution < 1.29 is 0 Å². The van der Waals surface area contributed by atoms with Gasteiger partial charge in [-0.2, -0.15) is 0 Å². The summed E-state index contributed by atoms with van der Waals surface area (Å²) in [5.74, 6) is 0. The van der Waals surface area contributed by atoms with E-state index in [0.717, 1.165) is 19.4 Å². The number of aromatic nitrogens is 1. The molecule has 2 N–H and O–H groups in total. The van der Waals surface area contributed by atoms with E-state index in [1.165, 1.54) is 6.07 Å². The third kappa shape index (κ3) is 3.15. The van der Waals surface area contributed by atoms with Crippen LogP contribution in [-0.2, 0) is 0 Å². The normalized spacial score (nSPS) is 9.54. The first-order chi connectivity index (χ1) is 6.34. The summed E-state index contributed by atoms with van der Waals surface area (Å²) in [5, 5.41) is 3.06. The fourth-order valence-electron chi connectivity index (χ4n) is 1.02. The van der Waals surface area contributed by atoms with Crippen LogP contribution in [0.2, 0.25) is 0 Å². The molecule has 0 aromatic carbocycles. The fraction of sp³-hybridized carbons (Fsp3) is 0.300. The van der Waals surface area contributed by atoms with Crippen molar-refractivity contribution in [2.24, 2.45) is 0 Å². The summed E-state index contributed by atoms with van der Waals surface area (Å²) in [6.07, 6.45) is 7.14. The summed E-state index contributed by atoms with van der Waals surface area (Å²) in [7, 11) is 0. The molecule has 0 saturated heterocycles. The Kier molecular flexibility index (Phi) is 3.82. The maximum Gasteiger partial charge on any atom is 0.204 e. The van der Waals surface area contributed by atoms with Crippen LogP contribution in [0, 0.1) is 0 Å². The zero-order chi connectivity index (χ0) is 9.52. The molecule has 1 aromatic heterocycles. The highest BCUT2D eigenvalue weighted by molar-refractivity contribution is 5.39. The Morgan fingerprint density at radius 1 is 1.62 bits per heavy atom. The van der Waals surface area contributed by atoms with Crippen LogP contribution in [0.1, 0.15) is 12.8 Å². The SMILES string of the molecule is C=CCCCNc1c[nH]ccc1=O. The maximum absolute atomic E-state index is 11.2. The van der Waals surface area contributed by atoms with Crippen LogP contribution in [0.5, 0.6) is 0 Å². The standard InChI is InChI=1S/C10H14N2O/c1-2-3-4-6-12-9-8-11-7-5-10(9)13/h2,5,7-8,12H,1,3-4,6H2,(H,11,13). The summed E-state index contributed by atoms with van der Waals surface area (Å²) in [6.45, 7) is 4.43. The van der Waals surface area contributed by atoms with Crippen LogP contribution in [0.3, 0.4) is 0 Å². The molecule has 3 heteroatoms. The number of nitrogens with one attached hydrogen (secondary N) is 2. The van der Waals surface area contributed by atoms with E-state index in [-0.39, 0.29) is 5.43 Å². The Morgan fingerprint density at radius 3 is 3.15 bits per heavy atom. The van der Waals surface area contributed by atoms with Crippen molar-refractivity contribution in [2.45, 2.75) is 12.8 Å². The van der Waals surface area contributed by atoms with Crippen LogP contribution in [0.15, 0.2) is 35.9 Å². The van der Waals surface area contributed by atoms with Gasteiger partial charge in [-0.15, -0.1) is 6.58 Å². The molecule has 0 radical (unpaired) electrons. The molecule has 1 aromatic rings. The lowest BCUT2D eigenvalue weighted by Gasteiger charge is -2.02. The first-order valence-corrected chi connectivity index (χ1v) is 4.36. The third-order valence-corrected chi connectivity index (χ3v) is 1.72. The van der Waals surface area contributed by atoms with Gasteiger partial charge in [0.15, 0.2) is 0 Å². The van der Waals surface area contributed by atoms with Crippen molar-refractivity contribution in [1.29, 1.82) is 0 Å². The minimum Gasteiger partial charge on any atom is -0.381 e. The van der Waals surface area contributed by atoms with Crippen LogP contribution in [-0.4, -0.2) is 11.5 Å². The highest BCUT2D eigenvalue weighted by Gasteiger charge is 1.94. The van der Waals surface area contributed by atoms with Crippen molar-refractivity contribution in [1.82, 2.24) is 4.98 Å². The largest absolute Gasteiger partial charge is 0.381 e. The Balaban J connectivity index is 2.41. The predicted molar refractivity (Wildman–Crippen MR) is 55.0 cm³/mol. The Labute approximate surface area is 77.5 Å². The molecule has 0 aliphatic heterocycles. The number of anilines is 1. The van der Waals surface area contributed by atoms with E-state index < -0.39 is 0 Å². The highest BCUT2D eigenvalue weighted by Crippen LogP contribution is 1.96. The Morgan fingerprint density at radius 2 is 2.46 bits per heavy atom. The molecular weight excluding hydrogens is 164 g/mol. The number of hydrogen-bond donors (Lipinski definition) is 2. The van der Waals surface area contributed by atoms with Gasteiger partial charge in [0, 0.05) is 25.0 Å². The van der Waals surface area contributed by atoms with E-state index in [1.54, 1.807) is 12.4 Å². The highest BCUT2D eigenvalue weighted by atomic mass is 16.1. The zero-order valence-corrected chi connectivity index (χ0v) is 7.55. The lowest BCUT2D eigenvalue weighted by Crippen LogP contribution is -2.11. The molecule has 0 aliphatic carbocycles. The Bertz CT molecular complexity index is 317. The quantitative estimate of drug-likeness (QED) is 0.533. The van der Waals surface area contributed by atoms with Crippen LogP contribution in [0.25, 0.3) is 0 Å². The van der Waals surface area contributed by atoms with Gasteiger partial charge >= 0.3 is 0 Å². The van der Waals surface area contributed by atoms with Crippen molar-refractivity contribution >= 4 is 5.69 Å². The van der Waals surface area contributed by atoms with E-state index >= 15 is 0 Å². The number of H-pyrrole nitrogens is 1. The van der Waals surface area contributed by atoms with Gasteiger partial charge in [0.25, 0.3) is 0 Å². The second-order valence-electron chi connectivity index (χ2n) is 2.78. The molecule has 1 rings (SSSR count). The van der Waals surface area contributed by atoms with E-state index in [4.69, 9.17) is 0 Å². The van der Waals surface area contributed by atoms with Gasteiger partial charge < -0.3 is 10.3 Å². The summed E-state index contributed by atoms with van der Waals surface area (Å²) < 4.78 is 0. The second kappa shape index (κ2) is 5.19. The number of hydrogen-bond acceptors (Lipinski definition) is 2. The molecule has 0 saturated carbocycles. The fourth-order valence-corrected chi connectivity index (χ4v) is 1.02. The number of unbranched alkanes of at least 4 members (excludes halogenated alkanes) is 1. The van der Waals surface area contributed by atoms with Gasteiger partial charge in [-0.3, -0.25) is 4.79 Å². The number of rotatable bonds is 5. The lowest BCUT2D eigenvalue weighted by molar-refractivity contribution is 0.889. The third-order valence-electron chi connectivity index (χ3n) is 1.72. The molecule has 70 valence electrons. The molecule has 13 heavy (non-hydrogen) atoms. The number of aromatic amines is 1. The topological polar surface area (TPSA) is 44.9 Å². The van der Waals surface area contributed by atoms with E-state index in [1.807, 2.05) is 6.08 Å². The maximum atomic E-state index is 11.2. The van der Waals surface area contributed by atoms with Crippen LogP contribution >= 0.6 is 0 Å². The number of allylic oxidation sites excluding steroid dienone is 1. The van der Waals surface area contributed by atoms with Gasteiger partial charge in [-0.25, -0.2) is 0 Å². The van der Waals surface area contributed by atoms with Crippen LogP contribution in [0.4, 0.5) is 5.69 Å². The molecule has 3 nitrogen and oxygen atoms in total. The average molecular weight is 178 g/mol. The van der Waals surface area contributed by atoms with Crippen LogP contribution < -0.4 is 10.7 Å². The minimum absolute atomic E-state index is 0.0253. The molecular formula is C10H14N2O. The molecule has 0 aliphatic rings. The van der Waals surface area contributed by atoms with Gasteiger partial charge in [0.1, 0.15) is 0 Å². The van der Waals surface area contributed by atoms with Crippen molar-refractivity contribution in [3.63, 3.8) is 0 Å². The number of pyridine rings is 1. The zero-order valence-electron chi connectivity index (χ0n) is 7.55. The van der Waals surface area contributed by atoms with E-state index in [0.29, 0.717) is 5.69 Å². The molecule has 0 atom stereocenters. The van der Waals surface area contributed by atoms with E-state index in [9.17, 15) is 4.79 Å². The summed E-state index contributed by atoms with van der Waals surface area (Å²) in [5.41, 5.74) is 0.656. The summed E-state index contributed by atoms with van der Waals surface area (Å²) in [4.78, 5) is 14.0. The summed E-state index contributed by atoms with van der Waals surface area (Å²) >= 11 is 0. The van der Waals surface area contributed by atoms with Crippen molar-refractivity contribution in [3.8, 4) is 0 Å². The first-order valence-electron chi connectivity index (χ1n) is 4.36. The molecule has 1 heterocycles. The van der Waals surface area contributed by atoms with Gasteiger partial charge in [-0.1, -0.05) is 6.08 Å². The van der Waals surface area contributed by atoms with Gasteiger partial charge in [-0.05, 0) is 12.8 Å². The average Bonchev–Trinajstić information content (AvgIpc) is 2.15. The smallest absolute Gasteiger partial charge is 0.204 e. The molecule has 0 unspecified atom stereocenters. The first kappa shape index (κ1) is 9.58. The molecule has 0 bridgehead atoms. The van der Waals surface area contributed by atoms with Gasteiger partial charge in [0.2, 0.25) is 5.43 Å². The molecule has 0 spiro atoms. The lowest BCUT2D eigenvalue weighted by atomic mass is 10.3. The molecule has 0 amide bonds.